The van der Waals surface area contributed by atoms with Crippen LogP contribution < -0.4 is 14.8 Å². The summed E-state index contributed by atoms with van der Waals surface area (Å²) in [5.41, 5.74) is 1.13. The highest BCUT2D eigenvalue weighted by molar-refractivity contribution is 5.55. The molecule has 0 saturated heterocycles. The molecule has 1 aliphatic rings. The van der Waals surface area contributed by atoms with E-state index in [-0.39, 0.29) is 0 Å². The van der Waals surface area contributed by atoms with Gasteiger partial charge in [-0.15, -0.1) is 0 Å². The van der Waals surface area contributed by atoms with Gasteiger partial charge in [-0.05, 0) is 43.2 Å². The molecule has 0 bridgehead atoms. The van der Waals surface area contributed by atoms with Crippen LogP contribution in [-0.2, 0) is 0 Å². The molecule has 1 fully saturated rings. The molecule has 1 N–H and O–H groups in total. The van der Waals surface area contributed by atoms with Crippen LogP contribution in [0.3, 0.4) is 0 Å². The first-order valence-electron chi connectivity index (χ1n) is 8.11. The molecule has 0 amide bonds. The SMILES string of the molecule is COc1ccc(NC2CCCC(CC(C)C)C2)cc1OC. The largest absolute Gasteiger partial charge is 0.493 e. The molecule has 1 aliphatic carbocycles. The van der Waals surface area contributed by atoms with Gasteiger partial charge in [-0.2, -0.15) is 0 Å². The summed E-state index contributed by atoms with van der Waals surface area (Å²) in [6.45, 7) is 4.65. The zero-order chi connectivity index (χ0) is 15.2. The van der Waals surface area contributed by atoms with Crippen molar-refractivity contribution in [2.45, 2.75) is 52.0 Å². The Balaban J connectivity index is 1.97. The Morgan fingerprint density at radius 1 is 1.14 bits per heavy atom. The van der Waals surface area contributed by atoms with Crippen molar-refractivity contribution < 1.29 is 9.47 Å². The van der Waals surface area contributed by atoms with Crippen molar-refractivity contribution in [1.29, 1.82) is 0 Å². The van der Waals surface area contributed by atoms with Crippen LogP contribution >= 0.6 is 0 Å². The van der Waals surface area contributed by atoms with Gasteiger partial charge in [0.1, 0.15) is 0 Å². The predicted molar refractivity (Wildman–Crippen MR) is 88.4 cm³/mol. The van der Waals surface area contributed by atoms with Crippen LogP contribution in [0.4, 0.5) is 5.69 Å². The quantitative estimate of drug-likeness (QED) is 0.822. The molecule has 21 heavy (non-hydrogen) atoms. The molecular formula is C18H29NO2. The fourth-order valence-electron chi connectivity index (χ4n) is 3.46. The fraction of sp³-hybridized carbons (Fsp3) is 0.667. The van der Waals surface area contributed by atoms with Crippen LogP contribution in [0.2, 0.25) is 0 Å². The van der Waals surface area contributed by atoms with Gasteiger partial charge < -0.3 is 14.8 Å². The molecule has 2 unspecified atom stereocenters. The lowest BCUT2D eigenvalue weighted by molar-refractivity contribution is 0.289. The normalized spacial score (nSPS) is 22.1. The van der Waals surface area contributed by atoms with E-state index in [4.69, 9.17) is 9.47 Å². The zero-order valence-electron chi connectivity index (χ0n) is 13.8. The topological polar surface area (TPSA) is 30.5 Å². The van der Waals surface area contributed by atoms with E-state index in [1.165, 1.54) is 32.1 Å². The molecular weight excluding hydrogens is 262 g/mol. The van der Waals surface area contributed by atoms with Crippen LogP contribution in [0.5, 0.6) is 11.5 Å². The molecule has 3 heteroatoms. The summed E-state index contributed by atoms with van der Waals surface area (Å²) < 4.78 is 10.7. The number of benzene rings is 1. The van der Waals surface area contributed by atoms with Crippen molar-refractivity contribution in [2.75, 3.05) is 19.5 Å². The highest BCUT2D eigenvalue weighted by Gasteiger charge is 2.22. The van der Waals surface area contributed by atoms with E-state index in [9.17, 15) is 0 Å². The fourth-order valence-corrected chi connectivity index (χ4v) is 3.46. The molecule has 1 aromatic rings. The first-order valence-corrected chi connectivity index (χ1v) is 8.11. The Bertz CT molecular complexity index is 445. The molecule has 1 saturated carbocycles. The second kappa shape index (κ2) is 7.58. The monoisotopic (exact) mass is 291 g/mol. The standard InChI is InChI=1S/C18H29NO2/c1-13(2)10-14-6-5-7-15(11-14)19-16-8-9-17(20-3)18(12-16)21-4/h8-9,12-15,19H,5-7,10-11H2,1-4H3. The summed E-state index contributed by atoms with van der Waals surface area (Å²) in [7, 11) is 3.35. The summed E-state index contributed by atoms with van der Waals surface area (Å²) >= 11 is 0. The number of nitrogens with one attached hydrogen (secondary N) is 1. The third kappa shape index (κ3) is 4.55. The average Bonchev–Trinajstić information content (AvgIpc) is 2.46. The maximum absolute atomic E-state index is 5.37. The number of hydrogen-bond acceptors (Lipinski definition) is 3. The van der Waals surface area contributed by atoms with Gasteiger partial charge in [0.15, 0.2) is 11.5 Å². The second-order valence-corrected chi connectivity index (χ2v) is 6.57. The molecule has 0 spiro atoms. The molecule has 0 aromatic heterocycles. The van der Waals surface area contributed by atoms with Gasteiger partial charge in [0.25, 0.3) is 0 Å². The number of methoxy groups -OCH3 is 2. The molecule has 0 radical (unpaired) electrons. The summed E-state index contributed by atoms with van der Waals surface area (Å²) in [6.07, 6.45) is 6.63. The van der Waals surface area contributed by atoms with E-state index in [0.717, 1.165) is 29.0 Å². The molecule has 118 valence electrons. The minimum Gasteiger partial charge on any atom is -0.493 e. The Morgan fingerprint density at radius 2 is 1.90 bits per heavy atom. The van der Waals surface area contributed by atoms with E-state index in [0.29, 0.717) is 6.04 Å². The summed E-state index contributed by atoms with van der Waals surface area (Å²) in [5, 5.41) is 3.67. The molecule has 0 aliphatic heterocycles. The van der Waals surface area contributed by atoms with Gasteiger partial charge in [-0.1, -0.05) is 26.7 Å². The van der Waals surface area contributed by atoms with Crippen molar-refractivity contribution >= 4 is 5.69 Å². The minimum absolute atomic E-state index is 0.584. The van der Waals surface area contributed by atoms with E-state index in [1.54, 1.807) is 14.2 Å². The van der Waals surface area contributed by atoms with Gasteiger partial charge in [0.05, 0.1) is 14.2 Å². The van der Waals surface area contributed by atoms with Crippen molar-refractivity contribution in [2.24, 2.45) is 11.8 Å². The van der Waals surface area contributed by atoms with Gasteiger partial charge in [0.2, 0.25) is 0 Å². The number of anilines is 1. The number of ether oxygens (including phenoxy) is 2. The highest BCUT2D eigenvalue weighted by atomic mass is 16.5. The Morgan fingerprint density at radius 3 is 2.57 bits per heavy atom. The maximum Gasteiger partial charge on any atom is 0.162 e. The van der Waals surface area contributed by atoms with Gasteiger partial charge in [0, 0.05) is 17.8 Å². The lowest BCUT2D eigenvalue weighted by atomic mass is 9.81. The molecule has 0 heterocycles. The van der Waals surface area contributed by atoms with E-state index in [2.05, 4.69) is 25.2 Å². The smallest absolute Gasteiger partial charge is 0.162 e. The van der Waals surface area contributed by atoms with Crippen LogP contribution in [0.25, 0.3) is 0 Å². The summed E-state index contributed by atoms with van der Waals surface area (Å²) in [4.78, 5) is 0. The second-order valence-electron chi connectivity index (χ2n) is 6.57. The molecule has 2 rings (SSSR count). The van der Waals surface area contributed by atoms with Crippen LogP contribution in [0.15, 0.2) is 18.2 Å². The lowest BCUT2D eigenvalue weighted by Gasteiger charge is -2.31. The first kappa shape index (κ1) is 16.0. The van der Waals surface area contributed by atoms with E-state index < -0.39 is 0 Å². The van der Waals surface area contributed by atoms with Crippen molar-refractivity contribution in [3.8, 4) is 11.5 Å². The van der Waals surface area contributed by atoms with Crippen LogP contribution in [-0.4, -0.2) is 20.3 Å². The Labute approximate surface area is 129 Å². The van der Waals surface area contributed by atoms with E-state index >= 15 is 0 Å². The van der Waals surface area contributed by atoms with E-state index in [1.807, 2.05) is 12.1 Å². The van der Waals surface area contributed by atoms with Gasteiger partial charge in [-0.3, -0.25) is 0 Å². The van der Waals surface area contributed by atoms with Crippen molar-refractivity contribution in [1.82, 2.24) is 0 Å². The van der Waals surface area contributed by atoms with Crippen LogP contribution in [0, 0.1) is 11.8 Å². The highest BCUT2D eigenvalue weighted by Crippen LogP contribution is 2.33. The lowest BCUT2D eigenvalue weighted by Crippen LogP contribution is -2.27. The third-order valence-corrected chi connectivity index (χ3v) is 4.34. The first-order chi connectivity index (χ1) is 10.1. The Kier molecular flexibility index (Phi) is 5.77. The third-order valence-electron chi connectivity index (χ3n) is 4.34. The Hall–Kier alpha value is -1.38. The predicted octanol–water partition coefficient (Wildman–Crippen LogP) is 4.72. The summed E-state index contributed by atoms with van der Waals surface area (Å²) in [6, 6.07) is 6.66. The van der Waals surface area contributed by atoms with Crippen molar-refractivity contribution in [3.05, 3.63) is 18.2 Å². The minimum atomic E-state index is 0.584. The summed E-state index contributed by atoms with van der Waals surface area (Å²) in [5.74, 6) is 3.24. The number of hydrogen-bond donors (Lipinski definition) is 1. The molecule has 2 atom stereocenters. The van der Waals surface area contributed by atoms with Gasteiger partial charge >= 0.3 is 0 Å². The van der Waals surface area contributed by atoms with Crippen molar-refractivity contribution in [3.63, 3.8) is 0 Å². The van der Waals surface area contributed by atoms with Gasteiger partial charge in [-0.25, -0.2) is 0 Å². The molecule has 1 aromatic carbocycles. The molecule has 3 nitrogen and oxygen atoms in total. The maximum atomic E-state index is 5.37. The number of rotatable bonds is 6. The zero-order valence-corrected chi connectivity index (χ0v) is 13.8. The van der Waals surface area contributed by atoms with Crippen LogP contribution in [0.1, 0.15) is 46.0 Å². The average molecular weight is 291 g/mol.